The lowest BCUT2D eigenvalue weighted by Gasteiger charge is -2.26. The Morgan fingerprint density at radius 1 is 1.50 bits per heavy atom. The third-order valence-electron chi connectivity index (χ3n) is 2.86. The minimum atomic E-state index is -0.454. The third kappa shape index (κ3) is 3.96. The predicted octanol–water partition coefficient (Wildman–Crippen LogP) is 2.07. The fourth-order valence-electron chi connectivity index (χ4n) is 1.56. The lowest BCUT2D eigenvalue weighted by molar-refractivity contribution is -0.134. The molecule has 0 spiro atoms. The van der Waals surface area contributed by atoms with E-state index >= 15 is 0 Å². The molecule has 0 aliphatic carbocycles. The first-order valence-electron chi connectivity index (χ1n) is 6.10. The van der Waals surface area contributed by atoms with Gasteiger partial charge in [0.2, 0.25) is 5.91 Å². The Labute approximate surface area is 113 Å². The van der Waals surface area contributed by atoms with Gasteiger partial charge in [-0.1, -0.05) is 31.5 Å². The average molecular weight is 270 g/mol. The number of aromatic nitrogens is 1. The Morgan fingerprint density at radius 2 is 2.17 bits per heavy atom. The second-order valence-electron chi connectivity index (χ2n) is 4.61. The van der Waals surface area contributed by atoms with Crippen molar-refractivity contribution in [1.29, 1.82) is 0 Å². The molecular formula is C13H20ClN3O. The fraction of sp³-hybridized carbons (Fsp3) is 0.538. The van der Waals surface area contributed by atoms with Crippen molar-refractivity contribution >= 4 is 17.5 Å². The maximum Gasteiger partial charge on any atom is 0.240 e. The van der Waals surface area contributed by atoms with Crippen LogP contribution in [0.3, 0.4) is 0 Å². The Bertz CT molecular complexity index is 392. The fourth-order valence-corrected chi connectivity index (χ4v) is 1.67. The molecule has 1 atom stereocenters. The van der Waals surface area contributed by atoms with E-state index in [-0.39, 0.29) is 11.8 Å². The second-order valence-corrected chi connectivity index (χ2v) is 5.00. The molecule has 100 valence electrons. The lowest BCUT2D eigenvalue weighted by Crippen LogP contribution is -2.46. The van der Waals surface area contributed by atoms with Crippen molar-refractivity contribution in [2.45, 2.75) is 33.4 Å². The van der Waals surface area contributed by atoms with E-state index < -0.39 is 6.04 Å². The van der Waals surface area contributed by atoms with Gasteiger partial charge in [-0.25, -0.2) is 4.98 Å². The second kappa shape index (κ2) is 6.71. The largest absolute Gasteiger partial charge is 0.337 e. The molecule has 5 heteroatoms. The van der Waals surface area contributed by atoms with E-state index in [0.29, 0.717) is 18.2 Å². The van der Waals surface area contributed by atoms with Crippen LogP contribution in [-0.2, 0) is 11.3 Å². The van der Waals surface area contributed by atoms with Crippen molar-refractivity contribution in [3.63, 3.8) is 0 Å². The van der Waals surface area contributed by atoms with Crippen LogP contribution >= 0.6 is 11.6 Å². The number of hydrogen-bond acceptors (Lipinski definition) is 3. The van der Waals surface area contributed by atoms with Crippen LogP contribution in [0, 0.1) is 5.92 Å². The summed E-state index contributed by atoms with van der Waals surface area (Å²) >= 11 is 5.72. The Kier molecular flexibility index (Phi) is 5.56. The van der Waals surface area contributed by atoms with Crippen molar-refractivity contribution in [3.05, 3.63) is 29.0 Å². The molecule has 0 saturated heterocycles. The van der Waals surface area contributed by atoms with Gasteiger partial charge in [-0.05, 0) is 24.5 Å². The van der Waals surface area contributed by atoms with E-state index in [1.165, 1.54) is 0 Å². The molecule has 2 N–H and O–H groups in total. The van der Waals surface area contributed by atoms with E-state index in [4.69, 9.17) is 17.3 Å². The average Bonchev–Trinajstić information content (AvgIpc) is 2.36. The molecule has 1 rings (SSSR count). The summed E-state index contributed by atoms with van der Waals surface area (Å²) in [5, 5.41) is 0.451. The number of nitrogens with zero attached hydrogens (tertiary/aromatic N) is 2. The topological polar surface area (TPSA) is 59.2 Å². The number of halogens is 1. The smallest absolute Gasteiger partial charge is 0.240 e. The van der Waals surface area contributed by atoms with Crippen molar-refractivity contribution in [2.75, 3.05) is 6.54 Å². The number of amides is 1. The van der Waals surface area contributed by atoms with E-state index in [9.17, 15) is 4.79 Å². The van der Waals surface area contributed by atoms with Crippen LogP contribution < -0.4 is 5.73 Å². The van der Waals surface area contributed by atoms with Crippen LogP contribution in [0.1, 0.15) is 26.3 Å². The Hall–Kier alpha value is -1.13. The molecule has 1 aromatic heterocycles. The minimum Gasteiger partial charge on any atom is -0.337 e. The molecule has 0 fully saturated rings. The number of likely N-dealkylation sites (N-methyl/N-ethyl adjacent to an activating group) is 1. The molecule has 0 unspecified atom stereocenters. The summed E-state index contributed by atoms with van der Waals surface area (Å²) in [5.74, 6) is 0.109. The molecule has 1 amide bonds. The molecule has 1 aromatic rings. The maximum atomic E-state index is 12.1. The van der Waals surface area contributed by atoms with Gasteiger partial charge in [0.1, 0.15) is 5.15 Å². The van der Waals surface area contributed by atoms with Gasteiger partial charge >= 0.3 is 0 Å². The summed E-state index contributed by atoms with van der Waals surface area (Å²) < 4.78 is 0. The minimum absolute atomic E-state index is 0.0255. The zero-order valence-corrected chi connectivity index (χ0v) is 11.8. The standard InChI is InChI=1S/C13H20ClN3O/c1-4-17(13(18)12(15)9(2)3)8-10-5-6-11(14)16-7-10/h5-7,9,12H,4,8,15H2,1-3H3/t12-/m0/s1. The quantitative estimate of drug-likeness (QED) is 0.833. The van der Waals surface area contributed by atoms with Crippen molar-refractivity contribution in [3.8, 4) is 0 Å². The van der Waals surface area contributed by atoms with Crippen LogP contribution in [0.25, 0.3) is 0 Å². The first-order chi connectivity index (χ1) is 8.45. The number of hydrogen-bond donors (Lipinski definition) is 1. The first-order valence-corrected chi connectivity index (χ1v) is 6.48. The molecule has 1 heterocycles. The van der Waals surface area contributed by atoms with Crippen LogP contribution in [-0.4, -0.2) is 28.4 Å². The summed E-state index contributed by atoms with van der Waals surface area (Å²) in [6.45, 7) is 6.97. The molecule has 0 aliphatic heterocycles. The van der Waals surface area contributed by atoms with E-state index in [2.05, 4.69) is 4.98 Å². The van der Waals surface area contributed by atoms with E-state index in [1.54, 1.807) is 17.2 Å². The SMILES string of the molecule is CCN(Cc1ccc(Cl)nc1)C(=O)[C@@H](N)C(C)C. The highest BCUT2D eigenvalue weighted by Gasteiger charge is 2.22. The summed E-state index contributed by atoms with van der Waals surface area (Å²) in [6, 6.07) is 3.13. The Balaban J connectivity index is 2.72. The zero-order chi connectivity index (χ0) is 13.7. The van der Waals surface area contributed by atoms with Crippen LogP contribution in [0.2, 0.25) is 5.15 Å². The van der Waals surface area contributed by atoms with Crippen LogP contribution in [0.5, 0.6) is 0 Å². The number of pyridine rings is 1. The molecular weight excluding hydrogens is 250 g/mol. The summed E-state index contributed by atoms with van der Waals surface area (Å²) in [6.07, 6.45) is 1.68. The van der Waals surface area contributed by atoms with E-state index in [1.807, 2.05) is 26.8 Å². The predicted molar refractivity (Wildman–Crippen MR) is 73.2 cm³/mol. The number of carbonyl (C=O) groups is 1. The van der Waals surface area contributed by atoms with E-state index in [0.717, 1.165) is 5.56 Å². The molecule has 0 aliphatic rings. The third-order valence-corrected chi connectivity index (χ3v) is 3.08. The van der Waals surface area contributed by atoms with Gasteiger partial charge < -0.3 is 10.6 Å². The number of rotatable bonds is 5. The van der Waals surface area contributed by atoms with Gasteiger partial charge in [0, 0.05) is 19.3 Å². The highest BCUT2D eigenvalue weighted by Crippen LogP contribution is 2.10. The van der Waals surface area contributed by atoms with Gasteiger partial charge in [0.15, 0.2) is 0 Å². The molecule has 0 saturated carbocycles. The summed E-state index contributed by atoms with van der Waals surface area (Å²) in [5.41, 5.74) is 6.84. The lowest BCUT2D eigenvalue weighted by atomic mass is 10.0. The molecule has 4 nitrogen and oxygen atoms in total. The zero-order valence-electron chi connectivity index (χ0n) is 11.1. The number of nitrogens with two attached hydrogens (primary N) is 1. The van der Waals surface area contributed by atoms with Crippen LogP contribution in [0.15, 0.2) is 18.3 Å². The van der Waals surface area contributed by atoms with Crippen LogP contribution in [0.4, 0.5) is 0 Å². The van der Waals surface area contributed by atoms with Gasteiger partial charge in [-0.2, -0.15) is 0 Å². The van der Waals surface area contributed by atoms with Crippen molar-refractivity contribution in [2.24, 2.45) is 11.7 Å². The highest BCUT2D eigenvalue weighted by atomic mass is 35.5. The first kappa shape index (κ1) is 14.9. The summed E-state index contributed by atoms with van der Waals surface area (Å²) in [4.78, 5) is 17.9. The highest BCUT2D eigenvalue weighted by molar-refractivity contribution is 6.29. The number of carbonyl (C=O) groups excluding carboxylic acids is 1. The maximum absolute atomic E-state index is 12.1. The van der Waals surface area contributed by atoms with Gasteiger partial charge in [-0.3, -0.25) is 4.79 Å². The van der Waals surface area contributed by atoms with Crippen molar-refractivity contribution < 1.29 is 4.79 Å². The normalized spacial score (nSPS) is 12.6. The monoisotopic (exact) mass is 269 g/mol. The molecule has 0 bridgehead atoms. The van der Waals surface area contributed by atoms with Gasteiger partial charge in [0.05, 0.1) is 6.04 Å². The van der Waals surface area contributed by atoms with Crippen molar-refractivity contribution in [1.82, 2.24) is 9.88 Å². The molecule has 18 heavy (non-hydrogen) atoms. The Morgan fingerprint density at radius 3 is 2.61 bits per heavy atom. The molecule has 0 radical (unpaired) electrons. The summed E-state index contributed by atoms with van der Waals surface area (Å²) in [7, 11) is 0. The van der Waals surface area contributed by atoms with Gasteiger partial charge in [-0.15, -0.1) is 0 Å². The molecule has 0 aromatic carbocycles. The van der Waals surface area contributed by atoms with Gasteiger partial charge in [0.25, 0.3) is 0 Å².